The van der Waals surface area contributed by atoms with Gasteiger partial charge in [-0.1, -0.05) is 0 Å². The van der Waals surface area contributed by atoms with Crippen molar-refractivity contribution in [1.29, 1.82) is 0 Å². The Morgan fingerprint density at radius 3 is 2.80 bits per heavy atom. The fraction of sp³-hybridized carbons (Fsp3) is 0.647. The predicted molar refractivity (Wildman–Crippen MR) is 100 cm³/mol. The van der Waals surface area contributed by atoms with Gasteiger partial charge in [0.2, 0.25) is 0 Å². The maximum absolute atomic E-state index is 12.9. The topological polar surface area (TPSA) is 91.3 Å². The Kier molecular flexibility index (Phi) is 5.73. The van der Waals surface area contributed by atoms with Gasteiger partial charge in [0.25, 0.3) is 5.56 Å². The molecule has 3 heterocycles. The normalized spacial score (nSPS) is 17.6. The molecule has 0 aromatic carbocycles. The summed E-state index contributed by atoms with van der Waals surface area (Å²) < 4.78 is 8.58. The van der Waals surface area contributed by atoms with E-state index in [2.05, 4.69) is 5.32 Å². The SMILES string of the molecule is CCn1c(=O)c2c(C)c(CNCCN)sc2n(CC2CCOC2)c1=O. The first-order valence-corrected chi connectivity index (χ1v) is 9.64. The van der Waals surface area contributed by atoms with Crippen LogP contribution in [-0.4, -0.2) is 35.4 Å². The lowest BCUT2D eigenvalue weighted by Crippen LogP contribution is -2.40. The van der Waals surface area contributed by atoms with Crippen LogP contribution in [-0.2, 0) is 24.4 Å². The minimum Gasteiger partial charge on any atom is -0.381 e. The first-order valence-electron chi connectivity index (χ1n) is 8.82. The molecule has 25 heavy (non-hydrogen) atoms. The largest absolute Gasteiger partial charge is 0.381 e. The zero-order chi connectivity index (χ0) is 18.0. The summed E-state index contributed by atoms with van der Waals surface area (Å²) in [6.45, 7) is 8.15. The first kappa shape index (κ1) is 18.3. The molecule has 1 unspecified atom stereocenters. The van der Waals surface area contributed by atoms with Crippen molar-refractivity contribution in [3.8, 4) is 0 Å². The number of hydrogen-bond donors (Lipinski definition) is 2. The number of rotatable bonds is 7. The highest BCUT2D eigenvalue weighted by molar-refractivity contribution is 7.18. The third kappa shape index (κ3) is 3.44. The Balaban J connectivity index is 2.13. The second-order valence-electron chi connectivity index (χ2n) is 6.47. The molecule has 1 fully saturated rings. The molecular weight excluding hydrogens is 340 g/mol. The third-order valence-electron chi connectivity index (χ3n) is 4.78. The number of nitrogens with zero attached hydrogens (tertiary/aromatic N) is 2. The van der Waals surface area contributed by atoms with Crippen LogP contribution >= 0.6 is 11.3 Å². The Morgan fingerprint density at radius 1 is 1.36 bits per heavy atom. The highest BCUT2D eigenvalue weighted by Crippen LogP contribution is 2.28. The number of nitrogens with one attached hydrogen (secondary N) is 1. The summed E-state index contributed by atoms with van der Waals surface area (Å²) in [4.78, 5) is 27.6. The van der Waals surface area contributed by atoms with Gasteiger partial charge in [-0.05, 0) is 25.8 Å². The molecule has 2 aromatic heterocycles. The van der Waals surface area contributed by atoms with Gasteiger partial charge >= 0.3 is 5.69 Å². The fourth-order valence-electron chi connectivity index (χ4n) is 3.34. The molecule has 138 valence electrons. The zero-order valence-corrected chi connectivity index (χ0v) is 15.7. The van der Waals surface area contributed by atoms with E-state index in [1.807, 2.05) is 13.8 Å². The summed E-state index contributed by atoms with van der Waals surface area (Å²) in [5, 5.41) is 3.95. The quantitative estimate of drug-likeness (QED) is 0.702. The Morgan fingerprint density at radius 2 is 2.16 bits per heavy atom. The lowest BCUT2D eigenvalue weighted by Gasteiger charge is -2.14. The number of nitrogens with two attached hydrogens (primary N) is 1. The Hall–Kier alpha value is -1.48. The van der Waals surface area contributed by atoms with Crippen molar-refractivity contribution in [2.24, 2.45) is 11.7 Å². The van der Waals surface area contributed by atoms with Crippen LogP contribution in [0.1, 0.15) is 23.8 Å². The fourth-order valence-corrected chi connectivity index (χ4v) is 4.61. The van der Waals surface area contributed by atoms with Crippen LogP contribution in [0.3, 0.4) is 0 Å². The molecule has 1 atom stereocenters. The van der Waals surface area contributed by atoms with E-state index in [0.29, 0.717) is 44.1 Å². The maximum Gasteiger partial charge on any atom is 0.332 e. The number of hydrogen-bond acceptors (Lipinski definition) is 6. The molecule has 1 aliphatic rings. The number of aryl methyl sites for hydroxylation is 1. The van der Waals surface area contributed by atoms with Gasteiger partial charge in [-0.3, -0.25) is 13.9 Å². The van der Waals surface area contributed by atoms with Crippen LogP contribution in [0.25, 0.3) is 10.2 Å². The predicted octanol–water partition coefficient (Wildman–Crippen LogP) is 0.638. The summed E-state index contributed by atoms with van der Waals surface area (Å²) in [7, 11) is 0. The Bertz CT molecular complexity index is 861. The molecule has 3 rings (SSSR count). The van der Waals surface area contributed by atoms with Crippen molar-refractivity contribution in [3.63, 3.8) is 0 Å². The van der Waals surface area contributed by atoms with Gasteiger partial charge in [0.05, 0.1) is 12.0 Å². The Labute approximate surface area is 150 Å². The van der Waals surface area contributed by atoms with E-state index in [1.165, 1.54) is 15.9 Å². The van der Waals surface area contributed by atoms with E-state index in [0.717, 1.165) is 34.8 Å². The van der Waals surface area contributed by atoms with Gasteiger partial charge in [-0.25, -0.2) is 4.79 Å². The van der Waals surface area contributed by atoms with Crippen molar-refractivity contribution in [1.82, 2.24) is 14.5 Å². The molecule has 0 saturated carbocycles. The van der Waals surface area contributed by atoms with Crippen molar-refractivity contribution in [2.45, 2.75) is 39.9 Å². The molecule has 0 aliphatic carbocycles. The number of aromatic nitrogens is 2. The minimum atomic E-state index is -0.213. The van der Waals surface area contributed by atoms with Gasteiger partial charge in [0.1, 0.15) is 4.83 Å². The molecule has 8 heteroatoms. The van der Waals surface area contributed by atoms with E-state index in [1.54, 1.807) is 4.57 Å². The van der Waals surface area contributed by atoms with Gasteiger partial charge < -0.3 is 15.8 Å². The van der Waals surface area contributed by atoms with Gasteiger partial charge in [-0.15, -0.1) is 11.3 Å². The summed E-state index contributed by atoms with van der Waals surface area (Å²) >= 11 is 1.54. The molecule has 0 bridgehead atoms. The summed E-state index contributed by atoms with van der Waals surface area (Å²) in [5.74, 6) is 0.324. The summed E-state index contributed by atoms with van der Waals surface area (Å²) in [6.07, 6.45) is 0.953. The third-order valence-corrected chi connectivity index (χ3v) is 6.10. The molecular formula is C17H26N4O3S. The monoisotopic (exact) mass is 366 g/mol. The first-order chi connectivity index (χ1) is 12.1. The maximum atomic E-state index is 12.9. The van der Waals surface area contributed by atoms with Crippen LogP contribution in [0.4, 0.5) is 0 Å². The van der Waals surface area contributed by atoms with Crippen molar-refractivity contribution < 1.29 is 4.74 Å². The van der Waals surface area contributed by atoms with Gasteiger partial charge in [0.15, 0.2) is 0 Å². The zero-order valence-electron chi connectivity index (χ0n) is 14.8. The van der Waals surface area contributed by atoms with Gasteiger partial charge in [-0.2, -0.15) is 0 Å². The molecule has 1 saturated heterocycles. The van der Waals surface area contributed by atoms with Crippen LogP contribution < -0.4 is 22.3 Å². The van der Waals surface area contributed by atoms with Crippen LogP contribution in [0, 0.1) is 12.8 Å². The summed E-state index contributed by atoms with van der Waals surface area (Å²) in [5.41, 5.74) is 6.11. The lowest BCUT2D eigenvalue weighted by atomic mass is 10.1. The smallest absolute Gasteiger partial charge is 0.332 e. The molecule has 2 aromatic rings. The molecule has 0 spiro atoms. The highest BCUT2D eigenvalue weighted by Gasteiger charge is 2.23. The van der Waals surface area contributed by atoms with E-state index in [9.17, 15) is 9.59 Å². The van der Waals surface area contributed by atoms with Crippen molar-refractivity contribution >= 4 is 21.6 Å². The lowest BCUT2D eigenvalue weighted by molar-refractivity contribution is 0.182. The van der Waals surface area contributed by atoms with E-state index in [4.69, 9.17) is 10.5 Å². The van der Waals surface area contributed by atoms with E-state index in [-0.39, 0.29) is 11.2 Å². The van der Waals surface area contributed by atoms with E-state index >= 15 is 0 Å². The number of fused-ring (bicyclic) bond motifs is 1. The standard InChI is InChI=1S/C17H26N4O3S/c1-3-20-15(22)14-11(2)13(8-19-6-5-18)25-16(14)21(17(20)23)9-12-4-7-24-10-12/h12,19H,3-10,18H2,1-2H3. The van der Waals surface area contributed by atoms with E-state index < -0.39 is 0 Å². The molecule has 3 N–H and O–H groups in total. The second-order valence-corrected chi connectivity index (χ2v) is 7.55. The van der Waals surface area contributed by atoms with Crippen LogP contribution in [0.15, 0.2) is 9.59 Å². The van der Waals surface area contributed by atoms with Crippen LogP contribution in [0.2, 0.25) is 0 Å². The molecule has 1 aliphatic heterocycles. The highest BCUT2D eigenvalue weighted by atomic mass is 32.1. The average Bonchev–Trinajstić information content (AvgIpc) is 3.21. The molecule has 0 amide bonds. The van der Waals surface area contributed by atoms with Crippen molar-refractivity contribution in [3.05, 3.63) is 31.3 Å². The number of ether oxygens (including phenoxy) is 1. The molecule has 0 radical (unpaired) electrons. The van der Waals surface area contributed by atoms with Crippen LogP contribution in [0.5, 0.6) is 0 Å². The average molecular weight is 366 g/mol. The second kappa shape index (κ2) is 7.82. The minimum absolute atomic E-state index is 0.180. The summed E-state index contributed by atoms with van der Waals surface area (Å²) in [6, 6.07) is 0. The van der Waals surface area contributed by atoms with Gasteiger partial charge in [0, 0.05) is 50.1 Å². The molecule has 7 nitrogen and oxygen atoms in total. The number of thiophene rings is 1. The van der Waals surface area contributed by atoms with Crippen molar-refractivity contribution in [2.75, 3.05) is 26.3 Å².